The van der Waals surface area contributed by atoms with Crippen molar-refractivity contribution in [2.24, 2.45) is 0 Å². The molecule has 0 aliphatic heterocycles. The quantitative estimate of drug-likeness (QED) is 0.662. The highest BCUT2D eigenvalue weighted by Gasteiger charge is 2.19. The summed E-state index contributed by atoms with van der Waals surface area (Å²) in [6.07, 6.45) is -1.09. The number of hydrogen-bond donors (Lipinski definition) is 2. The zero-order valence-corrected chi connectivity index (χ0v) is 11.4. The maximum atomic E-state index is 11.9. The maximum absolute atomic E-state index is 11.9. The van der Waals surface area contributed by atoms with Gasteiger partial charge in [-0.3, -0.25) is 4.79 Å². The summed E-state index contributed by atoms with van der Waals surface area (Å²) in [5, 5.41) is 12.3. The topological polar surface area (TPSA) is 92.7 Å². The number of sulfone groups is 1. The molecule has 0 fully saturated rings. The molecule has 0 aromatic heterocycles. The average Bonchev–Trinajstić information content (AvgIpc) is 2.39. The molecule has 106 valence electrons. The van der Waals surface area contributed by atoms with Crippen molar-refractivity contribution in [1.82, 2.24) is 5.32 Å². The predicted molar refractivity (Wildman–Crippen MR) is 69.4 cm³/mol. The van der Waals surface area contributed by atoms with Crippen LogP contribution in [0.15, 0.2) is 35.2 Å². The monoisotopic (exact) mass is 287 g/mol. The molecular weight excluding hydrogens is 270 g/mol. The standard InChI is InChI=1S/C12H17NO5S/c1-18-12(15)8-13-7-10(14)9-19(16,17)11-5-3-2-4-6-11/h2-6,10,13-14H,7-9H2,1H3. The van der Waals surface area contributed by atoms with Gasteiger partial charge < -0.3 is 15.2 Å². The molecular formula is C12H17NO5S. The number of carbonyl (C=O) groups is 1. The summed E-state index contributed by atoms with van der Waals surface area (Å²) >= 11 is 0. The Bertz CT molecular complexity index is 500. The van der Waals surface area contributed by atoms with Crippen molar-refractivity contribution in [3.63, 3.8) is 0 Å². The van der Waals surface area contributed by atoms with Gasteiger partial charge >= 0.3 is 5.97 Å². The minimum Gasteiger partial charge on any atom is -0.468 e. The molecule has 0 saturated carbocycles. The van der Waals surface area contributed by atoms with Gasteiger partial charge in [-0.15, -0.1) is 0 Å². The van der Waals surface area contributed by atoms with E-state index >= 15 is 0 Å². The Morgan fingerprint density at radius 1 is 1.37 bits per heavy atom. The van der Waals surface area contributed by atoms with Gasteiger partial charge in [0, 0.05) is 6.54 Å². The first-order chi connectivity index (χ1) is 8.95. The average molecular weight is 287 g/mol. The number of benzene rings is 1. The summed E-state index contributed by atoms with van der Waals surface area (Å²) in [6.45, 7) is -0.0693. The van der Waals surface area contributed by atoms with Gasteiger partial charge in [-0.1, -0.05) is 18.2 Å². The second-order valence-corrected chi connectivity index (χ2v) is 5.99. The summed E-state index contributed by atoms with van der Waals surface area (Å²) in [5.74, 6) is -0.872. The van der Waals surface area contributed by atoms with Crippen LogP contribution in [0.25, 0.3) is 0 Å². The van der Waals surface area contributed by atoms with Gasteiger partial charge in [0.25, 0.3) is 0 Å². The van der Waals surface area contributed by atoms with Crippen molar-refractivity contribution in [1.29, 1.82) is 0 Å². The number of ether oxygens (including phenoxy) is 1. The van der Waals surface area contributed by atoms with Crippen LogP contribution in [0.5, 0.6) is 0 Å². The Balaban J connectivity index is 2.48. The Kier molecular flexibility index (Phi) is 5.94. The van der Waals surface area contributed by atoms with Crippen molar-refractivity contribution >= 4 is 15.8 Å². The van der Waals surface area contributed by atoms with Gasteiger partial charge in [0.2, 0.25) is 0 Å². The fourth-order valence-corrected chi connectivity index (χ4v) is 2.84. The van der Waals surface area contributed by atoms with Crippen molar-refractivity contribution in [2.75, 3.05) is 26.0 Å². The summed E-state index contributed by atoms with van der Waals surface area (Å²) in [5.41, 5.74) is 0. The lowest BCUT2D eigenvalue weighted by Gasteiger charge is -2.11. The largest absolute Gasteiger partial charge is 0.468 e. The molecule has 0 saturated heterocycles. The fourth-order valence-electron chi connectivity index (χ4n) is 1.45. The van der Waals surface area contributed by atoms with E-state index in [1.165, 1.54) is 19.2 Å². The van der Waals surface area contributed by atoms with Gasteiger partial charge in [0.05, 0.1) is 30.4 Å². The van der Waals surface area contributed by atoms with Gasteiger partial charge in [0.15, 0.2) is 9.84 Å². The normalized spacial score (nSPS) is 12.9. The smallest absolute Gasteiger partial charge is 0.319 e. The van der Waals surface area contributed by atoms with Crippen LogP contribution in [-0.4, -0.2) is 51.5 Å². The van der Waals surface area contributed by atoms with E-state index in [1.807, 2.05) is 0 Å². The van der Waals surface area contributed by atoms with Gasteiger partial charge in [-0.25, -0.2) is 8.42 Å². The molecule has 0 spiro atoms. The molecule has 7 heteroatoms. The Hall–Kier alpha value is -1.44. The molecule has 1 rings (SSSR count). The van der Waals surface area contributed by atoms with Crippen LogP contribution in [-0.2, 0) is 19.4 Å². The number of carbonyl (C=O) groups excluding carboxylic acids is 1. The first-order valence-electron chi connectivity index (χ1n) is 5.69. The minimum absolute atomic E-state index is 0.00115. The highest BCUT2D eigenvalue weighted by molar-refractivity contribution is 7.91. The van der Waals surface area contributed by atoms with Crippen LogP contribution in [0, 0.1) is 0 Å². The summed E-state index contributed by atoms with van der Waals surface area (Å²) < 4.78 is 28.2. The molecule has 1 unspecified atom stereocenters. The second-order valence-electron chi connectivity index (χ2n) is 3.96. The van der Waals surface area contributed by atoms with E-state index in [4.69, 9.17) is 0 Å². The van der Waals surface area contributed by atoms with E-state index in [0.29, 0.717) is 0 Å². The lowest BCUT2D eigenvalue weighted by Crippen LogP contribution is -2.35. The van der Waals surface area contributed by atoms with E-state index in [2.05, 4.69) is 10.1 Å². The summed E-state index contributed by atoms with van der Waals surface area (Å²) in [4.78, 5) is 11.0. The third kappa shape index (κ3) is 5.37. The first-order valence-corrected chi connectivity index (χ1v) is 7.34. The number of methoxy groups -OCH3 is 1. The molecule has 1 aromatic carbocycles. The molecule has 0 aliphatic rings. The first kappa shape index (κ1) is 15.6. The molecule has 6 nitrogen and oxygen atoms in total. The van der Waals surface area contributed by atoms with Crippen LogP contribution >= 0.6 is 0 Å². The highest BCUT2D eigenvalue weighted by atomic mass is 32.2. The SMILES string of the molecule is COC(=O)CNCC(O)CS(=O)(=O)c1ccccc1. The molecule has 2 N–H and O–H groups in total. The molecule has 19 heavy (non-hydrogen) atoms. The van der Waals surface area contributed by atoms with Crippen molar-refractivity contribution < 1.29 is 23.1 Å². The van der Waals surface area contributed by atoms with Crippen molar-refractivity contribution in [2.45, 2.75) is 11.0 Å². The van der Waals surface area contributed by atoms with Crippen molar-refractivity contribution in [3.05, 3.63) is 30.3 Å². The molecule has 1 atom stereocenters. The van der Waals surface area contributed by atoms with Crippen molar-refractivity contribution in [3.8, 4) is 0 Å². The lowest BCUT2D eigenvalue weighted by atomic mass is 10.4. The van der Waals surface area contributed by atoms with Gasteiger partial charge in [-0.05, 0) is 12.1 Å². The van der Waals surface area contributed by atoms with Crippen LogP contribution in [0.3, 0.4) is 0 Å². The number of nitrogens with one attached hydrogen (secondary N) is 1. The highest BCUT2D eigenvalue weighted by Crippen LogP contribution is 2.10. The lowest BCUT2D eigenvalue weighted by molar-refractivity contribution is -0.139. The number of aliphatic hydroxyl groups excluding tert-OH is 1. The second kappa shape index (κ2) is 7.22. The van der Waals surface area contributed by atoms with Crippen LogP contribution in [0.1, 0.15) is 0 Å². The Labute approximate surface area is 112 Å². The van der Waals surface area contributed by atoms with Gasteiger partial charge in [0.1, 0.15) is 0 Å². The zero-order valence-electron chi connectivity index (χ0n) is 10.6. The van der Waals surface area contributed by atoms with E-state index in [0.717, 1.165) is 0 Å². The number of esters is 1. The third-order valence-corrected chi connectivity index (χ3v) is 4.21. The summed E-state index contributed by atoms with van der Waals surface area (Å²) in [7, 11) is -2.27. The Morgan fingerprint density at radius 2 is 2.00 bits per heavy atom. The molecule has 0 amide bonds. The molecule has 0 bridgehead atoms. The van der Waals surface area contributed by atoms with E-state index in [1.54, 1.807) is 18.2 Å². The van der Waals surface area contributed by atoms with Crippen LogP contribution < -0.4 is 5.32 Å². The predicted octanol–water partition coefficient (Wildman–Crippen LogP) is -0.416. The van der Waals surface area contributed by atoms with Crippen LogP contribution in [0.4, 0.5) is 0 Å². The van der Waals surface area contributed by atoms with Crippen LogP contribution in [0.2, 0.25) is 0 Å². The van der Waals surface area contributed by atoms with E-state index in [-0.39, 0.29) is 18.0 Å². The Morgan fingerprint density at radius 3 is 2.58 bits per heavy atom. The molecule has 0 aliphatic carbocycles. The number of hydrogen-bond acceptors (Lipinski definition) is 6. The number of aliphatic hydroxyl groups is 1. The summed E-state index contributed by atoms with van der Waals surface area (Å²) in [6, 6.07) is 7.91. The number of rotatable bonds is 7. The third-order valence-electron chi connectivity index (χ3n) is 2.39. The fraction of sp³-hybridized carbons (Fsp3) is 0.417. The van der Waals surface area contributed by atoms with Gasteiger partial charge in [-0.2, -0.15) is 0 Å². The maximum Gasteiger partial charge on any atom is 0.319 e. The van der Waals surface area contributed by atoms with E-state index in [9.17, 15) is 18.3 Å². The molecule has 0 radical (unpaired) electrons. The zero-order chi connectivity index (χ0) is 14.3. The molecule has 1 aromatic rings. The van der Waals surface area contributed by atoms with E-state index < -0.39 is 27.7 Å². The molecule has 0 heterocycles. The minimum atomic E-state index is -3.52.